The number of amides is 1. The van der Waals surface area contributed by atoms with E-state index >= 15 is 0 Å². The molecule has 0 radical (unpaired) electrons. The molecule has 4 unspecified atom stereocenters. The minimum Gasteiger partial charge on any atom is -0.390 e. The van der Waals surface area contributed by atoms with E-state index in [-0.39, 0.29) is 52.2 Å². The van der Waals surface area contributed by atoms with Gasteiger partial charge in [0, 0.05) is 38.0 Å². The highest BCUT2D eigenvalue weighted by atomic mass is 19.1. The number of nitrogens with one attached hydrogen (secondary N) is 1. The molecule has 8 rings (SSSR count). The van der Waals surface area contributed by atoms with E-state index in [1.54, 1.807) is 6.92 Å². The molecule has 272 valence electrons. The number of hydrogen-bond acceptors (Lipinski definition) is 6. The quantitative estimate of drug-likeness (QED) is 0.359. The van der Waals surface area contributed by atoms with Crippen LogP contribution in [0.5, 0.6) is 0 Å². The van der Waals surface area contributed by atoms with E-state index in [2.05, 4.69) is 39.9 Å². The topological polar surface area (TPSA) is 80.3 Å². The zero-order valence-electron chi connectivity index (χ0n) is 30.4. The van der Waals surface area contributed by atoms with Gasteiger partial charge in [-0.2, -0.15) is 0 Å². The third-order valence-corrected chi connectivity index (χ3v) is 16.2. The van der Waals surface area contributed by atoms with Crippen molar-refractivity contribution >= 4 is 5.91 Å². The van der Waals surface area contributed by atoms with Crippen molar-refractivity contribution < 1.29 is 32.9 Å². The summed E-state index contributed by atoms with van der Waals surface area (Å²) in [6.45, 7) is 16.3. The second kappa shape index (κ2) is 11.7. The van der Waals surface area contributed by atoms with E-state index in [0.29, 0.717) is 67.4 Å². The lowest BCUT2D eigenvalue weighted by molar-refractivity contribution is -0.247. The second-order valence-electron chi connectivity index (χ2n) is 18.4. The van der Waals surface area contributed by atoms with Crippen molar-refractivity contribution in [3.63, 3.8) is 0 Å². The minimum absolute atomic E-state index is 0.00272. The van der Waals surface area contributed by atoms with Gasteiger partial charge >= 0.3 is 0 Å². The van der Waals surface area contributed by atoms with Crippen molar-refractivity contribution in [1.29, 1.82) is 0 Å². The molecule has 5 aliphatic carbocycles. The van der Waals surface area contributed by atoms with Crippen molar-refractivity contribution in [3.8, 4) is 0 Å². The van der Waals surface area contributed by atoms with Gasteiger partial charge in [0.15, 0.2) is 6.29 Å². The molecule has 2 heterocycles. The first-order valence-electron chi connectivity index (χ1n) is 19.2. The predicted molar refractivity (Wildman–Crippen MR) is 181 cm³/mol. The van der Waals surface area contributed by atoms with Crippen LogP contribution in [0.4, 0.5) is 8.78 Å². The van der Waals surface area contributed by atoms with Crippen molar-refractivity contribution in [2.24, 2.45) is 50.7 Å². The van der Waals surface area contributed by atoms with Gasteiger partial charge in [-0.15, -0.1) is 0 Å². The Morgan fingerprint density at radius 1 is 1.04 bits per heavy atom. The standard InChI is InChI=1S/C40H58F2N2O5/c1-23-15-28(20-43-19-25-16-26(41)18-27(42)17-25)48-34-33(23)37(5)11-12-40-22-39(40)10-9-31(49-32-21-44(24(2)45)13-14-47-32)36(3,4)29(39)7-8-30(40)38(37,6)35(34)46/h16-18,23,28-35,43,46H,7-15,19-22H2,1-6H3/t23?,28-,29+,30+,31?,32?,33?,34+,35+,37-,38-,39-,40+/m1/s1. The van der Waals surface area contributed by atoms with Crippen LogP contribution >= 0.6 is 0 Å². The molecule has 2 aliphatic heterocycles. The second-order valence-corrected chi connectivity index (χ2v) is 18.4. The lowest BCUT2D eigenvalue weighted by atomic mass is 9.41. The maximum absolute atomic E-state index is 13.7. The average Bonchev–Trinajstić information content (AvgIpc) is 3.67. The first-order chi connectivity index (χ1) is 23.2. The third kappa shape index (κ3) is 4.90. The summed E-state index contributed by atoms with van der Waals surface area (Å²) in [5.41, 5.74) is 0.902. The summed E-state index contributed by atoms with van der Waals surface area (Å²) in [5, 5.41) is 15.9. The lowest BCUT2D eigenvalue weighted by Crippen LogP contribution is -2.60. The largest absolute Gasteiger partial charge is 0.390 e. The molecule has 2 spiro atoms. The van der Waals surface area contributed by atoms with Gasteiger partial charge in [-0.1, -0.05) is 34.6 Å². The van der Waals surface area contributed by atoms with E-state index in [0.717, 1.165) is 44.6 Å². The fourth-order valence-corrected chi connectivity index (χ4v) is 14.0. The molecule has 5 saturated carbocycles. The van der Waals surface area contributed by atoms with E-state index < -0.39 is 17.7 Å². The summed E-state index contributed by atoms with van der Waals surface area (Å²) in [4.78, 5) is 13.9. The summed E-state index contributed by atoms with van der Waals surface area (Å²) in [5.74, 6) is 0.686. The van der Waals surface area contributed by atoms with Gasteiger partial charge in [0.2, 0.25) is 5.91 Å². The van der Waals surface area contributed by atoms with Crippen molar-refractivity contribution in [1.82, 2.24) is 10.2 Å². The number of hydrogen-bond donors (Lipinski definition) is 2. The summed E-state index contributed by atoms with van der Waals surface area (Å²) >= 11 is 0. The van der Waals surface area contributed by atoms with Gasteiger partial charge in [-0.25, -0.2) is 8.78 Å². The van der Waals surface area contributed by atoms with Gasteiger partial charge < -0.3 is 29.5 Å². The number of aliphatic hydroxyl groups excluding tert-OH is 1. The molecule has 1 aromatic carbocycles. The molecule has 7 aliphatic rings. The van der Waals surface area contributed by atoms with E-state index in [9.17, 15) is 18.7 Å². The number of halogens is 2. The van der Waals surface area contributed by atoms with Crippen molar-refractivity contribution in [2.75, 3.05) is 26.2 Å². The van der Waals surface area contributed by atoms with Crippen LogP contribution in [0.15, 0.2) is 18.2 Å². The molecule has 1 aromatic rings. The van der Waals surface area contributed by atoms with Crippen molar-refractivity contribution in [3.05, 3.63) is 35.4 Å². The van der Waals surface area contributed by atoms with E-state index in [4.69, 9.17) is 14.2 Å². The van der Waals surface area contributed by atoms with E-state index in [1.165, 1.54) is 25.0 Å². The lowest BCUT2D eigenvalue weighted by Gasteiger charge is -2.64. The minimum atomic E-state index is -0.564. The normalized spacial score (nSPS) is 48.1. The van der Waals surface area contributed by atoms with Crippen LogP contribution in [-0.4, -0.2) is 72.9 Å². The monoisotopic (exact) mass is 684 g/mol. The fraction of sp³-hybridized carbons (Fsp3) is 0.825. The van der Waals surface area contributed by atoms with Crippen LogP contribution in [0, 0.1) is 62.4 Å². The number of morpholine rings is 1. The first-order valence-corrected chi connectivity index (χ1v) is 19.2. The Labute approximate surface area is 291 Å². The van der Waals surface area contributed by atoms with Gasteiger partial charge in [0.1, 0.15) is 11.6 Å². The van der Waals surface area contributed by atoms with Gasteiger partial charge in [-0.05, 0) is 114 Å². The maximum Gasteiger partial charge on any atom is 0.219 e. The Morgan fingerprint density at radius 3 is 2.49 bits per heavy atom. The summed E-state index contributed by atoms with van der Waals surface area (Å²) < 4.78 is 47.1. The number of rotatable bonds is 6. The van der Waals surface area contributed by atoms with Crippen LogP contribution in [0.25, 0.3) is 0 Å². The number of fused-ring (bicyclic) bond motifs is 4. The van der Waals surface area contributed by atoms with E-state index in [1.807, 2.05) is 4.90 Å². The number of benzene rings is 1. The molecular weight excluding hydrogens is 626 g/mol. The highest BCUT2D eigenvalue weighted by Gasteiger charge is 2.84. The number of aliphatic hydroxyl groups is 1. The molecular formula is C40H58F2N2O5. The van der Waals surface area contributed by atoms with Crippen LogP contribution in [0.2, 0.25) is 0 Å². The molecule has 13 atom stereocenters. The van der Waals surface area contributed by atoms with Crippen molar-refractivity contribution in [2.45, 2.75) is 130 Å². The molecule has 2 N–H and O–H groups in total. The number of ether oxygens (including phenoxy) is 3. The first kappa shape index (κ1) is 34.4. The van der Waals surface area contributed by atoms with Crippen LogP contribution in [0.3, 0.4) is 0 Å². The van der Waals surface area contributed by atoms with Gasteiger partial charge in [-0.3, -0.25) is 4.79 Å². The molecule has 0 bridgehead atoms. The Bertz CT molecular complexity index is 1460. The number of carbonyl (C=O) groups is 1. The van der Waals surface area contributed by atoms with Gasteiger partial charge in [0.25, 0.3) is 0 Å². The molecule has 7 nitrogen and oxygen atoms in total. The Balaban J connectivity index is 0.980. The molecule has 7 fully saturated rings. The summed E-state index contributed by atoms with van der Waals surface area (Å²) in [6, 6.07) is 3.64. The Kier molecular flexibility index (Phi) is 8.21. The smallest absolute Gasteiger partial charge is 0.219 e. The fourth-order valence-electron chi connectivity index (χ4n) is 14.0. The highest BCUT2D eigenvalue weighted by Crippen LogP contribution is 2.89. The van der Waals surface area contributed by atoms with Crippen LogP contribution in [0.1, 0.15) is 98.5 Å². The molecule has 0 aromatic heterocycles. The SMILES string of the molecule is CC(=O)N1CCOC(OC2CC[C@]34C[C@]35CC[C@]3(C)C6C(C)C[C@H](CNCc7cc(F)cc(F)c7)O[C@@H]6[C@H](O)[C@@]3(C)[C@@H]5CC[C@H]4C2(C)C)C1. The third-order valence-electron chi connectivity index (χ3n) is 16.2. The molecule has 1 amide bonds. The Morgan fingerprint density at radius 2 is 1.76 bits per heavy atom. The summed E-state index contributed by atoms with van der Waals surface area (Å²) in [7, 11) is 0. The molecule has 49 heavy (non-hydrogen) atoms. The van der Waals surface area contributed by atoms with Crippen LogP contribution in [-0.2, 0) is 25.5 Å². The maximum atomic E-state index is 13.7. The zero-order chi connectivity index (χ0) is 34.7. The molecule has 9 heteroatoms. The highest BCUT2D eigenvalue weighted by molar-refractivity contribution is 5.73. The van der Waals surface area contributed by atoms with Gasteiger partial charge in [0.05, 0.1) is 37.6 Å². The van der Waals surface area contributed by atoms with Crippen LogP contribution < -0.4 is 5.32 Å². The molecule has 2 saturated heterocycles. The average molecular weight is 685 g/mol. The predicted octanol–water partition coefficient (Wildman–Crippen LogP) is 6.46. The Hall–Kier alpha value is -1.65. The zero-order valence-corrected chi connectivity index (χ0v) is 30.4. The number of nitrogens with zero attached hydrogens (tertiary/aromatic N) is 1. The summed E-state index contributed by atoms with van der Waals surface area (Å²) in [6.07, 6.45) is 7.95. The number of carbonyl (C=O) groups excluding carboxylic acids is 1.